The van der Waals surface area contributed by atoms with E-state index in [4.69, 9.17) is 0 Å². The lowest BCUT2D eigenvalue weighted by atomic mass is 10.2. The first kappa shape index (κ1) is 15.8. The van der Waals surface area contributed by atoms with Crippen LogP contribution in [0.4, 0.5) is 0 Å². The highest BCUT2D eigenvalue weighted by molar-refractivity contribution is 7.99. The van der Waals surface area contributed by atoms with Gasteiger partial charge in [-0.05, 0) is 32.9 Å². The van der Waals surface area contributed by atoms with Gasteiger partial charge in [-0.25, -0.2) is 0 Å². The summed E-state index contributed by atoms with van der Waals surface area (Å²) in [6.07, 6.45) is 4.09. The van der Waals surface area contributed by atoms with E-state index in [0.717, 1.165) is 19.4 Å². The average Bonchev–Trinajstić information content (AvgIpc) is 2.25. The van der Waals surface area contributed by atoms with Gasteiger partial charge in [0.15, 0.2) is 0 Å². The Kier molecular flexibility index (Phi) is 7.85. The summed E-state index contributed by atoms with van der Waals surface area (Å²) in [7, 11) is 0. The summed E-state index contributed by atoms with van der Waals surface area (Å²) in [6, 6.07) is 0.322. The van der Waals surface area contributed by atoms with Crippen molar-refractivity contribution in [2.75, 3.05) is 19.3 Å². The van der Waals surface area contributed by atoms with Crippen LogP contribution in [-0.2, 0) is 4.79 Å². The highest BCUT2D eigenvalue weighted by atomic mass is 32.2. The van der Waals surface area contributed by atoms with Crippen LogP contribution in [0.2, 0.25) is 0 Å². The summed E-state index contributed by atoms with van der Waals surface area (Å²) in [5.74, 6) is 0.102. The molecule has 0 fully saturated rings. The lowest BCUT2D eigenvalue weighted by molar-refractivity contribution is -0.121. The van der Waals surface area contributed by atoms with Crippen LogP contribution >= 0.6 is 11.8 Å². The molecule has 1 amide bonds. The van der Waals surface area contributed by atoms with E-state index < -0.39 is 0 Å². The molecule has 16 heavy (non-hydrogen) atoms. The number of nitrogens with one attached hydrogen (secondary N) is 2. The third-order valence-corrected chi connectivity index (χ3v) is 3.99. The van der Waals surface area contributed by atoms with E-state index in [-0.39, 0.29) is 10.7 Å². The molecular weight excluding hydrogens is 220 g/mol. The zero-order valence-electron chi connectivity index (χ0n) is 11.2. The lowest BCUT2D eigenvalue weighted by Crippen LogP contribution is -2.42. The zero-order valence-corrected chi connectivity index (χ0v) is 12.0. The van der Waals surface area contributed by atoms with Gasteiger partial charge < -0.3 is 10.6 Å². The van der Waals surface area contributed by atoms with E-state index in [0.29, 0.717) is 12.6 Å². The molecule has 0 aromatic heterocycles. The van der Waals surface area contributed by atoms with Crippen LogP contribution in [-0.4, -0.2) is 36.0 Å². The van der Waals surface area contributed by atoms with Crippen molar-refractivity contribution in [3.05, 3.63) is 0 Å². The van der Waals surface area contributed by atoms with Crippen LogP contribution in [0.5, 0.6) is 0 Å². The Morgan fingerprint density at radius 3 is 2.31 bits per heavy atom. The van der Waals surface area contributed by atoms with Crippen molar-refractivity contribution in [3.8, 4) is 0 Å². The third-order valence-electron chi connectivity index (χ3n) is 2.74. The fraction of sp³-hybridized carbons (Fsp3) is 0.917. The number of carbonyl (C=O) groups is 1. The van der Waals surface area contributed by atoms with E-state index in [9.17, 15) is 4.79 Å². The van der Waals surface area contributed by atoms with Crippen molar-refractivity contribution < 1.29 is 4.79 Å². The van der Waals surface area contributed by atoms with Crippen LogP contribution in [0, 0.1) is 0 Å². The van der Waals surface area contributed by atoms with Crippen LogP contribution in [0.3, 0.4) is 0 Å². The molecular formula is C12H26N2OS. The van der Waals surface area contributed by atoms with Gasteiger partial charge in [-0.3, -0.25) is 4.79 Å². The molecule has 0 rings (SSSR count). The second kappa shape index (κ2) is 7.96. The Labute approximate surface area is 104 Å². The van der Waals surface area contributed by atoms with Crippen LogP contribution in [0.25, 0.3) is 0 Å². The van der Waals surface area contributed by atoms with Crippen molar-refractivity contribution in [1.82, 2.24) is 10.6 Å². The molecule has 0 aliphatic heterocycles. The molecule has 0 aromatic carbocycles. The smallest absolute Gasteiger partial charge is 0.234 e. The minimum Gasteiger partial charge on any atom is -0.352 e. The molecule has 0 bridgehead atoms. The zero-order chi connectivity index (χ0) is 12.6. The number of amides is 1. The van der Waals surface area contributed by atoms with Crippen molar-refractivity contribution in [2.45, 2.75) is 51.3 Å². The topological polar surface area (TPSA) is 41.1 Å². The van der Waals surface area contributed by atoms with E-state index >= 15 is 0 Å². The van der Waals surface area contributed by atoms with E-state index in [2.05, 4.69) is 44.6 Å². The van der Waals surface area contributed by atoms with Gasteiger partial charge in [0.1, 0.15) is 0 Å². The number of thioether (sulfide) groups is 1. The first-order valence-electron chi connectivity index (χ1n) is 6.00. The van der Waals surface area contributed by atoms with E-state index in [1.165, 1.54) is 0 Å². The molecule has 0 aromatic rings. The van der Waals surface area contributed by atoms with Gasteiger partial charge >= 0.3 is 0 Å². The fourth-order valence-electron chi connectivity index (χ4n) is 1.32. The standard InChI is InChI=1S/C12H26N2OS/c1-6-10(7-2)14-11(15)8-13-9-12(3,4)16-5/h10,13H,6-9H2,1-5H3,(H,14,15). The third kappa shape index (κ3) is 7.12. The Hall–Kier alpha value is -0.220. The number of hydrogen-bond acceptors (Lipinski definition) is 3. The maximum absolute atomic E-state index is 11.6. The predicted molar refractivity (Wildman–Crippen MR) is 73.0 cm³/mol. The summed E-state index contributed by atoms with van der Waals surface area (Å²) in [5, 5.41) is 6.21. The molecule has 0 aliphatic carbocycles. The normalized spacial score (nSPS) is 11.9. The molecule has 4 heteroatoms. The first-order chi connectivity index (χ1) is 7.45. The second-order valence-electron chi connectivity index (χ2n) is 4.65. The molecule has 2 N–H and O–H groups in total. The summed E-state index contributed by atoms with van der Waals surface area (Å²) < 4.78 is 0.190. The number of carbonyl (C=O) groups excluding carboxylic acids is 1. The van der Waals surface area contributed by atoms with Gasteiger partial charge in [0.05, 0.1) is 6.54 Å². The minimum atomic E-state index is 0.102. The van der Waals surface area contributed by atoms with Crippen molar-refractivity contribution in [2.24, 2.45) is 0 Å². The molecule has 0 saturated heterocycles. The Morgan fingerprint density at radius 2 is 1.88 bits per heavy atom. The fourth-order valence-corrected chi connectivity index (χ4v) is 1.57. The van der Waals surface area contributed by atoms with Crippen molar-refractivity contribution in [1.29, 1.82) is 0 Å². The summed E-state index contributed by atoms with van der Waals surface area (Å²) >= 11 is 1.81. The van der Waals surface area contributed by atoms with E-state index in [1.807, 2.05) is 11.8 Å². The molecule has 3 nitrogen and oxygen atoms in total. The lowest BCUT2D eigenvalue weighted by Gasteiger charge is -2.22. The molecule has 0 radical (unpaired) electrons. The first-order valence-corrected chi connectivity index (χ1v) is 7.22. The van der Waals surface area contributed by atoms with Gasteiger partial charge in [-0.1, -0.05) is 13.8 Å². The quantitative estimate of drug-likeness (QED) is 0.688. The molecule has 0 atom stereocenters. The van der Waals surface area contributed by atoms with Gasteiger partial charge in [0.2, 0.25) is 5.91 Å². The van der Waals surface area contributed by atoms with Gasteiger partial charge in [0, 0.05) is 17.3 Å². The van der Waals surface area contributed by atoms with Crippen LogP contribution in [0.15, 0.2) is 0 Å². The van der Waals surface area contributed by atoms with Crippen molar-refractivity contribution >= 4 is 17.7 Å². The molecule has 0 spiro atoms. The number of rotatable bonds is 8. The maximum atomic E-state index is 11.6. The summed E-state index contributed by atoms with van der Waals surface area (Å²) in [4.78, 5) is 11.6. The monoisotopic (exact) mass is 246 g/mol. The SMILES string of the molecule is CCC(CC)NC(=O)CNCC(C)(C)SC. The largest absolute Gasteiger partial charge is 0.352 e. The Bertz CT molecular complexity index is 203. The van der Waals surface area contributed by atoms with Gasteiger partial charge in [-0.15, -0.1) is 0 Å². The van der Waals surface area contributed by atoms with Gasteiger partial charge in [0.25, 0.3) is 0 Å². The highest BCUT2D eigenvalue weighted by Crippen LogP contribution is 2.19. The average molecular weight is 246 g/mol. The molecule has 0 aliphatic rings. The van der Waals surface area contributed by atoms with Crippen molar-refractivity contribution in [3.63, 3.8) is 0 Å². The summed E-state index contributed by atoms with van der Waals surface area (Å²) in [5.41, 5.74) is 0. The summed E-state index contributed by atoms with van der Waals surface area (Å²) in [6.45, 7) is 9.80. The molecule has 0 saturated carbocycles. The minimum absolute atomic E-state index is 0.102. The molecule has 0 unspecified atom stereocenters. The number of hydrogen-bond donors (Lipinski definition) is 2. The van der Waals surface area contributed by atoms with E-state index in [1.54, 1.807) is 0 Å². The maximum Gasteiger partial charge on any atom is 0.234 e. The van der Waals surface area contributed by atoms with Crippen LogP contribution < -0.4 is 10.6 Å². The van der Waals surface area contributed by atoms with Crippen LogP contribution in [0.1, 0.15) is 40.5 Å². The van der Waals surface area contributed by atoms with Gasteiger partial charge in [-0.2, -0.15) is 11.8 Å². The Balaban J connectivity index is 3.74. The Morgan fingerprint density at radius 1 is 1.31 bits per heavy atom. The molecule has 0 heterocycles. The highest BCUT2D eigenvalue weighted by Gasteiger charge is 2.16. The second-order valence-corrected chi connectivity index (χ2v) is 6.16. The molecule has 96 valence electrons. The predicted octanol–water partition coefficient (Wildman–Crippen LogP) is 2.02.